The number of imidazole rings is 1. The van der Waals surface area contributed by atoms with Crippen molar-refractivity contribution in [3.8, 4) is 11.1 Å². The zero-order valence-electron chi connectivity index (χ0n) is 12.4. The third-order valence-corrected chi connectivity index (χ3v) is 4.86. The van der Waals surface area contributed by atoms with Gasteiger partial charge in [0.15, 0.2) is 5.65 Å². The van der Waals surface area contributed by atoms with E-state index in [9.17, 15) is 0 Å². The maximum Gasteiger partial charge on any atom is 0.178 e. The number of aryl methyl sites for hydroxylation is 1. The second kappa shape index (κ2) is 5.39. The van der Waals surface area contributed by atoms with E-state index in [4.69, 9.17) is 5.14 Å². The van der Waals surface area contributed by atoms with E-state index in [0.717, 1.165) is 30.7 Å². The molecule has 1 aliphatic rings. The molecular weight excluding hydrogens is 294 g/mol. The van der Waals surface area contributed by atoms with Crippen molar-refractivity contribution in [2.75, 3.05) is 6.54 Å². The van der Waals surface area contributed by atoms with E-state index in [2.05, 4.69) is 38.5 Å². The molecule has 2 N–H and O–H groups in total. The van der Waals surface area contributed by atoms with Gasteiger partial charge in [0.05, 0.1) is 11.8 Å². The molecule has 22 heavy (non-hydrogen) atoms. The van der Waals surface area contributed by atoms with Crippen molar-refractivity contribution in [1.82, 2.24) is 18.8 Å². The summed E-state index contributed by atoms with van der Waals surface area (Å²) in [6.45, 7) is 1.90. The summed E-state index contributed by atoms with van der Waals surface area (Å²) >= 11 is 1.33. The fourth-order valence-electron chi connectivity index (χ4n) is 3.11. The van der Waals surface area contributed by atoms with Crippen molar-refractivity contribution in [3.63, 3.8) is 0 Å². The molecule has 1 aromatic carbocycles. The quantitative estimate of drug-likeness (QED) is 0.737. The highest BCUT2D eigenvalue weighted by atomic mass is 32.2. The molecular formula is C16H17N5S. The smallest absolute Gasteiger partial charge is 0.178 e. The molecule has 0 saturated heterocycles. The second-order valence-electron chi connectivity index (χ2n) is 5.59. The van der Waals surface area contributed by atoms with Crippen LogP contribution in [0.5, 0.6) is 0 Å². The SMILES string of the molecule is Cn1cnc2nccc(-c3ccc4c(c3)CN(SN)CC4)c21. The lowest BCUT2D eigenvalue weighted by Crippen LogP contribution is -2.26. The molecule has 3 aromatic rings. The Morgan fingerprint density at radius 2 is 2.09 bits per heavy atom. The average molecular weight is 311 g/mol. The summed E-state index contributed by atoms with van der Waals surface area (Å²) in [7, 11) is 2.01. The Kier molecular flexibility index (Phi) is 3.37. The molecule has 2 aromatic heterocycles. The third kappa shape index (κ3) is 2.20. The van der Waals surface area contributed by atoms with E-state index in [1.807, 2.05) is 24.1 Å². The third-order valence-electron chi connectivity index (χ3n) is 4.25. The van der Waals surface area contributed by atoms with Crippen LogP contribution in [0.15, 0.2) is 36.8 Å². The number of benzene rings is 1. The van der Waals surface area contributed by atoms with E-state index >= 15 is 0 Å². The van der Waals surface area contributed by atoms with Gasteiger partial charge in [-0.3, -0.25) is 5.14 Å². The zero-order valence-corrected chi connectivity index (χ0v) is 13.2. The fourth-order valence-corrected chi connectivity index (χ4v) is 3.52. The van der Waals surface area contributed by atoms with E-state index in [1.165, 1.54) is 34.4 Å². The van der Waals surface area contributed by atoms with Crippen molar-refractivity contribution in [2.45, 2.75) is 13.0 Å². The van der Waals surface area contributed by atoms with Gasteiger partial charge in [0.25, 0.3) is 0 Å². The van der Waals surface area contributed by atoms with Gasteiger partial charge < -0.3 is 4.57 Å². The number of hydrogen-bond acceptors (Lipinski definition) is 5. The van der Waals surface area contributed by atoms with Gasteiger partial charge in [-0.1, -0.05) is 12.1 Å². The summed E-state index contributed by atoms with van der Waals surface area (Å²) in [5.41, 5.74) is 7.02. The maximum absolute atomic E-state index is 5.71. The van der Waals surface area contributed by atoms with Crippen LogP contribution in [0.4, 0.5) is 0 Å². The molecule has 0 radical (unpaired) electrons. The highest BCUT2D eigenvalue weighted by Crippen LogP contribution is 2.31. The van der Waals surface area contributed by atoms with Gasteiger partial charge in [0.2, 0.25) is 0 Å². The van der Waals surface area contributed by atoms with Crippen LogP contribution >= 0.6 is 12.1 Å². The molecule has 0 bridgehead atoms. The van der Waals surface area contributed by atoms with Crippen LogP contribution in [0.2, 0.25) is 0 Å². The Labute approximate surface area is 133 Å². The number of nitrogens with zero attached hydrogens (tertiary/aromatic N) is 4. The first-order valence-electron chi connectivity index (χ1n) is 7.26. The normalized spacial score (nSPS) is 15.2. The molecule has 3 heterocycles. The van der Waals surface area contributed by atoms with E-state index in [1.54, 1.807) is 0 Å². The monoisotopic (exact) mass is 311 g/mol. The van der Waals surface area contributed by atoms with Gasteiger partial charge in [-0.25, -0.2) is 14.3 Å². The van der Waals surface area contributed by atoms with Crippen LogP contribution in [0, 0.1) is 0 Å². The Morgan fingerprint density at radius 1 is 1.18 bits per heavy atom. The summed E-state index contributed by atoms with van der Waals surface area (Å²) in [6, 6.07) is 8.78. The van der Waals surface area contributed by atoms with E-state index in [0.29, 0.717) is 0 Å². The lowest BCUT2D eigenvalue weighted by molar-refractivity contribution is 0.445. The lowest BCUT2D eigenvalue weighted by Gasteiger charge is -2.26. The van der Waals surface area contributed by atoms with Gasteiger partial charge in [0.1, 0.15) is 0 Å². The largest absolute Gasteiger partial charge is 0.332 e. The summed E-state index contributed by atoms with van der Waals surface area (Å²) in [4.78, 5) is 8.68. The molecule has 6 heteroatoms. The summed E-state index contributed by atoms with van der Waals surface area (Å²) < 4.78 is 4.22. The van der Waals surface area contributed by atoms with Crippen LogP contribution in [0.3, 0.4) is 0 Å². The van der Waals surface area contributed by atoms with Crippen molar-refractivity contribution in [2.24, 2.45) is 12.2 Å². The van der Waals surface area contributed by atoms with Crippen molar-refractivity contribution in [3.05, 3.63) is 47.9 Å². The average Bonchev–Trinajstić information content (AvgIpc) is 2.95. The topological polar surface area (TPSA) is 60.0 Å². The van der Waals surface area contributed by atoms with Gasteiger partial charge >= 0.3 is 0 Å². The molecule has 0 spiro atoms. The maximum atomic E-state index is 5.71. The fraction of sp³-hybridized carbons (Fsp3) is 0.250. The Hall–Kier alpha value is -1.89. The van der Waals surface area contributed by atoms with Gasteiger partial charge in [0, 0.05) is 44.0 Å². The van der Waals surface area contributed by atoms with Gasteiger partial charge in [-0.15, -0.1) is 0 Å². The van der Waals surface area contributed by atoms with Crippen molar-refractivity contribution < 1.29 is 0 Å². The molecule has 0 atom stereocenters. The number of hydrogen-bond donors (Lipinski definition) is 1. The highest BCUT2D eigenvalue weighted by Gasteiger charge is 2.17. The number of pyridine rings is 1. The first-order chi connectivity index (χ1) is 10.8. The van der Waals surface area contributed by atoms with Crippen LogP contribution in [0.25, 0.3) is 22.3 Å². The number of aromatic nitrogens is 3. The van der Waals surface area contributed by atoms with Crippen molar-refractivity contribution in [1.29, 1.82) is 0 Å². The zero-order chi connectivity index (χ0) is 15.1. The van der Waals surface area contributed by atoms with Crippen LogP contribution in [0.1, 0.15) is 11.1 Å². The highest BCUT2D eigenvalue weighted by molar-refractivity contribution is 7.94. The Balaban J connectivity index is 1.84. The summed E-state index contributed by atoms with van der Waals surface area (Å²) in [5, 5.41) is 5.71. The molecule has 112 valence electrons. The Bertz CT molecular complexity index is 842. The summed E-state index contributed by atoms with van der Waals surface area (Å²) in [5.74, 6) is 0. The van der Waals surface area contributed by atoms with Gasteiger partial charge in [-0.05, 0) is 35.2 Å². The predicted molar refractivity (Wildman–Crippen MR) is 89.8 cm³/mol. The lowest BCUT2D eigenvalue weighted by atomic mass is 9.95. The minimum atomic E-state index is 0.789. The minimum absolute atomic E-state index is 0.789. The Morgan fingerprint density at radius 3 is 2.95 bits per heavy atom. The van der Waals surface area contributed by atoms with E-state index in [-0.39, 0.29) is 0 Å². The number of rotatable bonds is 2. The standard InChI is InChI=1S/C16H17N5S/c1-20-10-19-16-15(20)14(4-6-18-16)12-3-2-11-5-7-21(22-17)9-13(11)8-12/h2-4,6,8,10H,5,7,9,17H2,1H3. The first-order valence-corrected chi connectivity index (χ1v) is 8.10. The summed E-state index contributed by atoms with van der Waals surface area (Å²) in [6.07, 6.45) is 4.69. The predicted octanol–water partition coefficient (Wildman–Crippen LogP) is 2.52. The molecule has 5 nitrogen and oxygen atoms in total. The minimum Gasteiger partial charge on any atom is -0.332 e. The molecule has 0 unspecified atom stereocenters. The van der Waals surface area contributed by atoms with Gasteiger partial charge in [-0.2, -0.15) is 0 Å². The number of fused-ring (bicyclic) bond motifs is 2. The number of nitrogens with two attached hydrogens (primary N) is 1. The molecule has 0 amide bonds. The van der Waals surface area contributed by atoms with Crippen LogP contribution < -0.4 is 5.14 Å². The van der Waals surface area contributed by atoms with E-state index < -0.39 is 0 Å². The molecule has 0 saturated carbocycles. The molecule has 0 fully saturated rings. The second-order valence-corrected chi connectivity index (χ2v) is 6.32. The first kappa shape index (κ1) is 13.8. The molecule has 4 rings (SSSR count). The van der Waals surface area contributed by atoms with Crippen molar-refractivity contribution >= 4 is 23.3 Å². The molecule has 0 aliphatic carbocycles. The van der Waals surface area contributed by atoms with Crippen LogP contribution in [-0.4, -0.2) is 25.4 Å². The molecule has 1 aliphatic heterocycles. The van der Waals surface area contributed by atoms with Crippen LogP contribution in [-0.2, 0) is 20.0 Å².